The van der Waals surface area contributed by atoms with Crippen LogP contribution in [0, 0.1) is 0 Å². The average molecular weight is 704 g/mol. The number of anilines is 2. The van der Waals surface area contributed by atoms with Crippen molar-refractivity contribution in [2.24, 2.45) is 7.05 Å². The summed E-state index contributed by atoms with van der Waals surface area (Å²) >= 11 is 1.01. The van der Waals surface area contributed by atoms with Gasteiger partial charge in [-0.2, -0.15) is 0 Å². The Bertz CT molecular complexity index is 2150. The molecule has 1 aliphatic heterocycles. The zero-order valence-electron chi connectivity index (χ0n) is 29.2. The lowest BCUT2D eigenvalue weighted by molar-refractivity contribution is -0.118. The summed E-state index contributed by atoms with van der Waals surface area (Å²) in [6, 6.07) is 33.6. The van der Waals surface area contributed by atoms with Crippen LogP contribution in [0.25, 0.3) is 21.8 Å². The second kappa shape index (κ2) is 17.2. The molecule has 1 aliphatic rings. The zero-order chi connectivity index (χ0) is 36.3. The van der Waals surface area contributed by atoms with E-state index in [1.54, 1.807) is 0 Å². The van der Waals surface area contributed by atoms with Crippen LogP contribution in [-0.4, -0.2) is 32.0 Å². The van der Waals surface area contributed by atoms with Crippen LogP contribution in [0.4, 0.5) is 21.0 Å². The number of carbonyl (C=O) groups excluding carboxylic acids is 3. The van der Waals surface area contributed by atoms with Crippen molar-refractivity contribution in [1.82, 2.24) is 14.9 Å². The van der Waals surface area contributed by atoms with Crippen molar-refractivity contribution in [3.8, 4) is 17.2 Å². The van der Waals surface area contributed by atoms with Gasteiger partial charge in [-0.15, -0.1) is 0 Å². The largest absolute Gasteiger partial charge is 0.486 e. The number of benzene rings is 5. The van der Waals surface area contributed by atoms with E-state index in [0.717, 1.165) is 45.0 Å². The minimum atomic E-state index is -0.436. The molecule has 1 unspecified atom stereocenters. The standard InChI is InChI=1S/C36H29N5O5S.2C2H6/c1-41-31-20-27(46-26-14-13-23-8-6-12-29(28(23)19-26)39-35(43)37-24-9-3-2-4-10-24)15-16-30(31)38-33(41)21-45-25-11-5-7-22(17-25)18-32-34(42)40-36(44)47-32;2*1-2/h2-17,19-20,32H,18,21H2,1H3,(H2,37,39,43)(H,40,42,44);2*1-2H3. The predicted octanol–water partition coefficient (Wildman–Crippen LogP) is 9.69. The first kappa shape index (κ1) is 36.5. The molecule has 11 heteroatoms. The maximum absolute atomic E-state index is 12.7. The number of amides is 4. The molecular weight excluding hydrogens is 663 g/mol. The number of rotatable bonds is 9. The molecule has 4 amide bonds. The van der Waals surface area contributed by atoms with Gasteiger partial charge in [0, 0.05) is 24.2 Å². The Morgan fingerprint density at radius 2 is 1.57 bits per heavy atom. The molecule has 1 aromatic heterocycles. The van der Waals surface area contributed by atoms with E-state index in [9.17, 15) is 14.4 Å². The number of thioether (sulfide) groups is 1. The topological polar surface area (TPSA) is 124 Å². The minimum absolute atomic E-state index is 0.236. The Morgan fingerprint density at radius 1 is 0.824 bits per heavy atom. The SMILES string of the molecule is CC.CC.Cn1c(COc2cccc(CC3SC(=O)NC3=O)c2)nc2ccc(Oc3ccc4cccc(NC(=O)Nc5ccccc5)c4c3)cc21. The molecule has 2 heterocycles. The second-order valence-electron chi connectivity index (χ2n) is 11.0. The van der Waals surface area contributed by atoms with Crippen molar-refractivity contribution in [3.05, 3.63) is 121 Å². The van der Waals surface area contributed by atoms with E-state index >= 15 is 0 Å². The summed E-state index contributed by atoms with van der Waals surface area (Å²) in [5.41, 5.74) is 3.95. The summed E-state index contributed by atoms with van der Waals surface area (Å²) in [5, 5.41) is 9.18. The molecule has 3 N–H and O–H groups in total. The number of nitrogens with one attached hydrogen (secondary N) is 3. The highest BCUT2D eigenvalue weighted by atomic mass is 32.2. The van der Waals surface area contributed by atoms with Crippen molar-refractivity contribution in [3.63, 3.8) is 0 Å². The number of carbonyl (C=O) groups is 3. The van der Waals surface area contributed by atoms with Crippen LogP contribution in [0.5, 0.6) is 17.2 Å². The Morgan fingerprint density at radius 3 is 2.33 bits per heavy atom. The van der Waals surface area contributed by atoms with Gasteiger partial charge >= 0.3 is 6.03 Å². The van der Waals surface area contributed by atoms with Crippen LogP contribution in [0.2, 0.25) is 0 Å². The molecular formula is C40H41N5O5S. The van der Waals surface area contributed by atoms with Crippen molar-refractivity contribution in [2.75, 3.05) is 10.6 Å². The van der Waals surface area contributed by atoms with Crippen LogP contribution in [-0.2, 0) is 24.9 Å². The zero-order valence-corrected chi connectivity index (χ0v) is 30.0. The number of imidazole rings is 1. The highest BCUT2D eigenvalue weighted by Crippen LogP contribution is 2.32. The van der Waals surface area contributed by atoms with Crippen LogP contribution in [0.3, 0.4) is 0 Å². The number of urea groups is 1. The van der Waals surface area contributed by atoms with Crippen LogP contribution in [0.15, 0.2) is 109 Å². The molecule has 10 nitrogen and oxygen atoms in total. The number of hydrogen-bond donors (Lipinski definition) is 3. The average Bonchev–Trinajstić information content (AvgIpc) is 3.65. The third-order valence-corrected chi connectivity index (χ3v) is 8.75. The molecule has 1 atom stereocenters. The molecule has 0 aliphatic carbocycles. The molecule has 0 saturated carbocycles. The predicted molar refractivity (Wildman–Crippen MR) is 206 cm³/mol. The quantitative estimate of drug-likeness (QED) is 0.137. The van der Waals surface area contributed by atoms with Gasteiger partial charge < -0.3 is 24.7 Å². The number of aromatic nitrogens is 2. The summed E-state index contributed by atoms with van der Waals surface area (Å²) in [7, 11) is 1.93. The lowest BCUT2D eigenvalue weighted by Gasteiger charge is -2.12. The van der Waals surface area contributed by atoms with Crippen molar-refractivity contribution < 1.29 is 23.9 Å². The molecule has 7 rings (SSSR count). The van der Waals surface area contributed by atoms with Crippen LogP contribution >= 0.6 is 11.8 Å². The molecule has 51 heavy (non-hydrogen) atoms. The molecule has 1 saturated heterocycles. The molecule has 0 bridgehead atoms. The van der Waals surface area contributed by atoms with Gasteiger partial charge in [-0.1, -0.05) is 88.0 Å². The van der Waals surface area contributed by atoms with Gasteiger partial charge in [-0.3, -0.25) is 14.9 Å². The summed E-state index contributed by atoms with van der Waals surface area (Å²) < 4.78 is 14.3. The van der Waals surface area contributed by atoms with Gasteiger partial charge in [-0.05, 0) is 72.0 Å². The van der Waals surface area contributed by atoms with Crippen molar-refractivity contribution in [2.45, 2.75) is 46.0 Å². The lowest BCUT2D eigenvalue weighted by atomic mass is 10.1. The summed E-state index contributed by atoms with van der Waals surface area (Å²) in [6.07, 6.45) is 0.438. The molecule has 0 spiro atoms. The number of imide groups is 1. The number of aryl methyl sites for hydroxylation is 1. The number of fused-ring (bicyclic) bond motifs is 2. The highest BCUT2D eigenvalue weighted by Gasteiger charge is 2.31. The van der Waals surface area contributed by atoms with Crippen molar-refractivity contribution in [1.29, 1.82) is 0 Å². The Labute approximate surface area is 301 Å². The first-order chi connectivity index (χ1) is 24.9. The number of ether oxygens (including phenoxy) is 2. The van der Waals surface area contributed by atoms with E-state index in [0.29, 0.717) is 35.0 Å². The third-order valence-electron chi connectivity index (χ3n) is 7.77. The number of para-hydroxylation sites is 1. The number of nitrogens with zero attached hydrogens (tertiary/aromatic N) is 2. The minimum Gasteiger partial charge on any atom is -0.486 e. The van der Waals surface area contributed by atoms with Gasteiger partial charge in [0.1, 0.15) is 29.7 Å². The summed E-state index contributed by atoms with van der Waals surface area (Å²) in [4.78, 5) is 40.9. The van der Waals surface area contributed by atoms with Crippen LogP contribution in [0.1, 0.15) is 39.1 Å². The van der Waals surface area contributed by atoms with E-state index in [-0.39, 0.29) is 23.8 Å². The smallest absolute Gasteiger partial charge is 0.323 e. The van der Waals surface area contributed by atoms with E-state index in [2.05, 4.69) is 16.0 Å². The van der Waals surface area contributed by atoms with Crippen LogP contribution < -0.4 is 25.4 Å². The normalized spacial score (nSPS) is 13.4. The fourth-order valence-electron chi connectivity index (χ4n) is 5.43. The molecule has 6 aromatic rings. The van der Waals surface area contributed by atoms with E-state index in [1.165, 1.54) is 0 Å². The fourth-order valence-corrected chi connectivity index (χ4v) is 6.29. The van der Waals surface area contributed by atoms with Crippen molar-refractivity contribution >= 4 is 62.1 Å². The lowest BCUT2D eigenvalue weighted by Crippen LogP contribution is -2.25. The molecule has 1 fully saturated rings. The molecule has 262 valence electrons. The van der Waals surface area contributed by atoms with E-state index in [4.69, 9.17) is 14.5 Å². The number of hydrogen-bond acceptors (Lipinski definition) is 7. The maximum atomic E-state index is 12.7. The second-order valence-corrected chi connectivity index (χ2v) is 12.2. The molecule has 0 radical (unpaired) electrons. The highest BCUT2D eigenvalue weighted by molar-refractivity contribution is 8.15. The first-order valence-corrected chi connectivity index (χ1v) is 17.8. The monoisotopic (exact) mass is 703 g/mol. The maximum Gasteiger partial charge on any atom is 0.323 e. The Hall–Kier alpha value is -5.81. The molecule has 5 aromatic carbocycles. The third kappa shape index (κ3) is 9.06. The van der Waals surface area contributed by atoms with Gasteiger partial charge in [0.15, 0.2) is 0 Å². The Balaban J connectivity index is 0.00000122. The van der Waals surface area contributed by atoms with Gasteiger partial charge in [0.05, 0.1) is 22.0 Å². The first-order valence-electron chi connectivity index (χ1n) is 16.9. The van der Waals surface area contributed by atoms with E-state index in [1.807, 2.05) is 149 Å². The Kier molecular flexibility index (Phi) is 12.3. The van der Waals surface area contributed by atoms with Gasteiger partial charge in [0.25, 0.3) is 5.24 Å². The van der Waals surface area contributed by atoms with E-state index < -0.39 is 5.25 Å². The van der Waals surface area contributed by atoms with Gasteiger partial charge in [-0.25, -0.2) is 9.78 Å². The fraction of sp³-hybridized carbons (Fsp3) is 0.200. The summed E-state index contributed by atoms with van der Waals surface area (Å²) in [6.45, 7) is 8.24. The van der Waals surface area contributed by atoms with Gasteiger partial charge in [0.2, 0.25) is 5.91 Å². The summed E-state index contributed by atoms with van der Waals surface area (Å²) in [5.74, 6) is 2.38.